The van der Waals surface area contributed by atoms with Crippen LogP contribution in [0, 0.1) is 0 Å². The summed E-state index contributed by atoms with van der Waals surface area (Å²) in [6, 6.07) is 13.1. The molecule has 1 aromatic heterocycles. The van der Waals surface area contributed by atoms with Gasteiger partial charge in [-0.3, -0.25) is 0 Å². The lowest BCUT2D eigenvalue weighted by Crippen LogP contribution is -2.50. The van der Waals surface area contributed by atoms with E-state index in [1.54, 1.807) is 23.1 Å². The van der Waals surface area contributed by atoms with E-state index in [0.717, 1.165) is 62.6 Å². The van der Waals surface area contributed by atoms with Crippen molar-refractivity contribution in [2.75, 3.05) is 56.0 Å². The number of hydrogen-bond acceptors (Lipinski definition) is 6. The Hall–Kier alpha value is -2.81. The first-order valence-corrected chi connectivity index (χ1v) is 13.1. The van der Waals surface area contributed by atoms with Crippen molar-refractivity contribution in [3.63, 3.8) is 0 Å². The van der Waals surface area contributed by atoms with E-state index in [0.29, 0.717) is 34.7 Å². The monoisotopic (exact) mass is 530 g/mol. The Bertz CT molecular complexity index is 1120. The first kappa shape index (κ1) is 26.3. The number of amides is 2. The van der Waals surface area contributed by atoms with Crippen LogP contribution >= 0.6 is 23.2 Å². The fourth-order valence-corrected chi connectivity index (χ4v) is 4.75. The highest BCUT2D eigenvalue weighted by atomic mass is 35.5. The van der Waals surface area contributed by atoms with E-state index in [4.69, 9.17) is 27.7 Å². The fraction of sp³-hybridized carbons (Fsp3) is 0.423. The van der Waals surface area contributed by atoms with Gasteiger partial charge in [0.2, 0.25) is 0 Å². The maximum absolute atomic E-state index is 12.7. The molecule has 8 nitrogen and oxygen atoms in total. The number of nitrogens with one attached hydrogen (secondary N) is 1. The van der Waals surface area contributed by atoms with Crippen molar-refractivity contribution >= 4 is 40.6 Å². The number of para-hydroxylation sites is 1. The largest absolute Gasteiger partial charge is 0.368 e. The van der Waals surface area contributed by atoms with Gasteiger partial charge in [-0.15, -0.1) is 0 Å². The van der Waals surface area contributed by atoms with Crippen molar-refractivity contribution in [1.82, 2.24) is 19.9 Å². The molecule has 2 aromatic carbocycles. The lowest BCUT2D eigenvalue weighted by Gasteiger charge is -2.36. The number of urea groups is 1. The van der Waals surface area contributed by atoms with E-state index in [9.17, 15) is 4.79 Å². The number of carbonyl (C=O) groups is 1. The number of hydrogen-bond donors (Lipinski definition) is 1. The Labute approximate surface area is 222 Å². The molecule has 1 aliphatic heterocycles. The van der Waals surface area contributed by atoms with E-state index < -0.39 is 0 Å². The summed E-state index contributed by atoms with van der Waals surface area (Å²) in [5.74, 6) is 1.29. The van der Waals surface area contributed by atoms with Crippen molar-refractivity contribution in [3.05, 3.63) is 58.3 Å². The highest BCUT2D eigenvalue weighted by Gasteiger charge is 2.23. The second-order valence-corrected chi connectivity index (χ2v) is 9.51. The third-order valence-corrected chi connectivity index (χ3v) is 7.11. The van der Waals surface area contributed by atoms with Crippen LogP contribution in [0.15, 0.2) is 47.0 Å². The van der Waals surface area contributed by atoms with Crippen molar-refractivity contribution in [3.8, 4) is 11.5 Å². The summed E-state index contributed by atoms with van der Waals surface area (Å²) in [5, 5.41) is 7.82. The summed E-state index contributed by atoms with van der Waals surface area (Å²) in [6.07, 6.45) is 1.81. The van der Waals surface area contributed by atoms with Gasteiger partial charge in [0.1, 0.15) is 0 Å². The maximum Gasteiger partial charge on any atom is 0.322 e. The van der Waals surface area contributed by atoms with Crippen LogP contribution in [0.2, 0.25) is 10.0 Å². The summed E-state index contributed by atoms with van der Waals surface area (Å²) < 4.78 is 5.49. The van der Waals surface area contributed by atoms with Crippen LogP contribution in [0.3, 0.4) is 0 Å². The molecule has 0 saturated carbocycles. The molecular formula is C26H32Cl2N6O2. The molecule has 192 valence electrons. The molecule has 2 heterocycles. The number of benzene rings is 2. The first-order chi connectivity index (χ1) is 17.5. The summed E-state index contributed by atoms with van der Waals surface area (Å²) in [5.41, 5.74) is 2.43. The van der Waals surface area contributed by atoms with Crippen LogP contribution in [0.4, 0.5) is 16.2 Å². The predicted molar refractivity (Wildman–Crippen MR) is 145 cm³/mol. The summed E-state index contributed by atoms with van der Waals surface area (Å²) in [4.78, 5) is 23.7. The molecule has 1 saturated heterocycles. The number of aryl methyl sites for hydroxylation is 1. The molecule has 0 unspecified atom stereocenters. The topological polar surface area (TPSA) is 77.7 Å². The normalized spacial score (nSPS) is 13.9. The third kappa shape index (κ3) is 6.49. The quantitative estimate of drug-likeness (QED) is 0.383. The van der Waals surface area contributed by atoms with Crippen molar-refractivity contribution in [2.45, 2.75) is 26.7 Å². The highest BCUT2D eigenvalue weighted by Crippen LogP contribution is 2.30. The van der Waals surface area contributed by atoms with Crippen LogP contribution in [0.25, 0.3) is 11.5 Å². The van der Waals surface area contributed by atoms with Crippen LogP contribution in [-0.4, -0.2) is 71.8 Å². The summed E-state index contributed by atoms with van der Waals surface area (Å²) >= 11 is 12.4. The van der Waals surface area contributed by atoms with Gasteiger partial charge in [0.05, 0.1) is 15.7 Å². The van der Waals surface area contributed by atoms with E-state index in [2.05, 4.69) is 51.2 Å². The first-order valence-electron chi connectivity index (χ1n) is 12.4. The third-order valence-electron chi connectivity index (χ3n) is 6.48. The minimum absolute atomic E-state index is 0.204. The maximum atomic E-state index is 12.7. The zero-order chi connectivity index (χ0) is 25.5. The molecule has 0 aliphatic carbocycles. The van der Waals surface area contributed by atoms with Crippen molar-refractivity contribution in [1.29, 1.82) is 0 Å². The van der Waals surface area contributed by atoms with Gasteiger partial charge < -0.3 is 24.5 Å². The molecule has 4 rings (SSSR count). The Morgan fingerprint density at radius 1 is 1.03 bits per heavy atom. The summed E-state index contributed by atoms with van der Waals surface area (Å²) in [7, 11) is 0. The minimum Gasteiger partial charge on any atom is -0.368 e. The second-order valence-electron chi connectivity index (χ2n) is 8.69. The minimum atomic E-state index is -0.204. The van der Waals surface area contributed by atoms with E-state index in [1.807, 2.05) is 12.1 Å². The lowest BCUT2D eigenvalue weighted by atomic mass is 10.1. The molecule has 36 heavy (non-hydrogen) atoms. The average molecular weight is 531 g/mol. The highest BCUT2D eigenvalue weighted by molar-refractivity contribution is 6.39. The Balaban J connectivity index is 1.28. The SMILES string of the molecule is CCN(CC)CCCc1noc(-c2ccc(N3CCN(C(=O)Nc4c(Cl)cccc4Cl)CC3)cc2)n1. The number of piperazine rings is 1. The molecule has 0 radical (unpaired) electrons. The molecule has 3 aromatic rings. The smallest absolute Gasteiger partial charge is 0.322 e. The van der Waals surface area contributed by atoms with E-state index in [-0.39, 0.29) is 6.03 Å². The van der Waals surface area contributed by atoms with Gasteiger partial charge in [-0.2, -0.15) is 4.98 Å². The lowest BCUT2D eigenvalue weighted by molar-refractivity contribution is 0.208. The van der Waals surface area contributed by atoms with Crippen LogP contribution in [-0.2, 0) is 6.42 Å². The second kappa shape index (κ2) is 12.4. The summed E-state index contributed by atoms with van der Waals surface area (Å²) in [6.45, 7) is 10.1. The number of carbonyl (C=O) groups excluding carboxylic acids is 1. The van der Waals surface area contributed by atoms with Gasteiger partial charge in [-0.1, -0.05) is 48.3 Å². The molecule has 0 spiro atoms. The Kier molecular flexibility index (Phi) is 9.07. The number of anilines is 2. The molecule has 0 atom stereocenters. The number of rotatable bonds is 9. The van der Waals surface area contributed by atoms with Crippen LogP contribution < -0.4 is 10.2 Å². The van der Waals surface area contributed by atoms with Crippen LogP contribution in [0.1, 0.15) is 26.1 Å². The van der Waals surface area contributed by atoms with Gasteiger partial charge in [-0.05, 0) is 62.5 Å². The average Bonchev–Trinajstić information content (AvgIpc) is 3.38. The van der Waals surface area contributed by atoms with Gasteiger partial charge in [0, 0.05) is 43.9 Å². The van der Waals surface area contributed by atoms with Gasteiger partial charge in [0.15, 0.2) is 5.82 Å². The fourth-order valence-electron chi connectivity index (χ4n) is 4.26. The van der Waals surface area contributed by atoms with Gasteiger partial charge in [-0.25, -0.2) is 4.79 Å². The molecule has 1 fully saturated rings. The van der Waals surface area contributed by atoms with Crippen molar-refractivity contribution < 1.29 is 9.32 Å². The molecule has 10 heteroatoms. The molecule has 0 bridgehead atoms. The van der Waals surface area contributed by atoms with Gasteiger partial charge >= 0.3 is 6.03 Å². The molecular weight excluding hydrogens is 499 g/mol. The number of halogens is 2. The van der Waals surface area contributed by atoms with Gasteiger partial charge in [0.25, 0.3) is 5.89 Å². The van der Waals surface area contributed by atoms with E-state index >= 15 is 0 Å². The zero-order valence-electron chi connectivity index (χ0n) is 20.7. The molecule has 2 amide bonds. The molecule has 1 N–H and O–H groups in total. The predicted octanol–water partition coefficient (Wildman–Crippen LogP) is 5.67. The zero-order valence-corrected chi connectivity index (χ0v) is 22.2. The van der Waals surface area contributed by atoms with E-state index in [1.165, 1.54) is 0 Å². The Morgan fingerprint density at radius 2 is 1.69 bits per heavy atom. The standard InChI is InChI=1S/C26H32Cl2N6O2/c1-3-32(4-2)14-6-9-23-29-25(36-31-23)19-10-12-20(13-11-19)33-15-17-34(18-16-33)26(35)30-24-21(27)7-5-8-22(24)28/h5,7-8,10-13H,3-4,6,9,14-18H2,1-2H3,(H,30,35). The van der Waals surface area contributed by atoms with Crippen LogP contribution in [0.5, 0.6) is 0 Å². The molecule has 1 aliphatic rings. The number of nitrogens with zero attached hydrogens (tertiary/aromatic N) is 5. The van der Waals surface area contributed by atoms with Crippen molar-refractivity contribution in [2.24, 2.45) is 0 Å². The number of aromatic nitrogens is 2. The Morgan fingerprint density at radius 3 is 2.33 bits per heavy atom.